The molecule has 0 atom stereocenters. The zero-order valence-electron chi connectivity index (χ0n) is 15.3. The molecule has 0 aliphatic rings. The molecule has 24 heavy (non-hydrogen) atoms. The van der Waals surface area contributed by atoms with Crippen LogP contribution in [0.2, 0.25) is 0 Å². The number of hydrogen-bond acceptors (Lipinski definition) is 4. The summed E-state index contributed by atoms with van der Waals surface area (Å²) in [6.45, 7) is 6.26. The molecule has 1 aromatic carbocycles. The van der Waals surface area contributed by atoms with Crippen molar-refractivity contribution in [3.8, 4) is 5.75 Å². The number of benzene rings is 1. The Morgan fingerprint density at radius 3 is 2.29 bits per heavy atom. The zero-order valence-corrected chi connectivity index (χ0v) is 16.1. The van der Waals surface area contributed by atoms with E-state index < -0.39 is 0 Å². The molecule has 0 amide bonds. The van der Waals surface area contributed by atoms with Crippen molar-refractivity contribution in [2.45, 2.75) is 83.8 Å². The Balaban J connectivity index is 2.51. The van der Waals surface area contributed by atoms with Crippen LogP contribution in [0.5, 0.6) is 5.75 Å². The Morgan fingerprint density at radius 1 is 1.08 bits per heavy atom. The first-order valence-electron chi connectivity index (χ1n) is 9.15. The number of nitrogens with zero attached hydrogens (tertiary/aromatic N) is 1. The Morgan fingerprint density at radius 2 is 1.71 bits per heavy atom. The highest BCUT2D eigenvalue weighted by molar-refractivity contribution is 7.95. The van der Waals surface area contributed by atoms with Crippen molar-refractivity contribution in [2.24, 2.45) is 0 Å². The summed E-state index contributed by atoms with van der Waals surface area (Å²) in [7, 11) is 0. The van der Waals surface area contributed by atoms with Gasteiger partial charge < -0.3 is 4.18 Å². The maximum Gasteiger partial charge on any atom is 0.312 e. The van der Waals surface area contributed by atoms with Gasteiger partial charge in [0.1, 0.15) is 0 Å². The molecule has 0 heterocycles. The lowest BCUT2D eigenvalue weighted by molar-refractivity contribution is -0.385. The summed E-state index contributed by atoms with van der Waals surface area (Å²) in [5.74, 6) is 0.434. The molecule has 0 aliphatic carbocycles. The predicted molar refractivity (Wildman–Crippen MR) is 103 cm³/mol. The third-order valence-electron chi connectivity index (χ3n) is 3.90. The minimum absolute atomic E-state index is 0.0696. The van der Waals surface area contributed by atoms with E-state index in [9.17, 15) is 10.1 Å². The summed E-state index contributed by atoms with van der Waals surface area (Å²) in [5, 5.41) is 11.5. The smallest absolute Gasteiger partial charge is 0.312 e. The fourth-order valence-corrected chi connectivity index (χ4v) is 3.08. The number of para-hydroxylation sites is 1. The van der Waals surface area contributed by atoms with Gasteiger partial charge in [-0.3, -0.25) is 10.1 Å². The Bertz CT molecular complexity index is 492. The van der Waals surface area contributed by atoms with Crippen LogP contribution in [0.1, 0.15) is 77.7 Å². The van der Waals surface area contributed by atoms with E-state index in [1.165, 1.54) is 63.1 Å². The molecule has 1 rings (SSSR count). The van der Waals surface area contributed by atoms with Crippen LogP contribution in [0, 0.1) is 10.1 Å². The van der Waals surface area contributed by atoms with Crippen molar-refractivity contribution in [3.63, 3.8) is 0 Å². The monoisotopic (exact) mass is 353 g/mol. The highest BCUT2D eigenvalue weighted by atomic mass is 32.2. The molecule has 0 radical (unpaired) electrons. The first-order chi connectivity index (χ1) is 11.6. The average molecular weight is 354 g/mol. The maximum absolute atomic E-state index is 11.2. The van der Waals surface area contributed by atoms with Crippen molar-refractivity contribution in [1.29, 1.82) is 0 Å². The molecule has 0 N–H and O–H groups in total. The van der Waals surface area contributed by atoms with E-state index in [2.05, 4.69) is 6.92 Å². The van der Waals surface area contributed by atoms with Gasteiger partial charge in [-0.2, -0.15) is 0 Å². The summed E-state index contributed by atoms with van der Waals surface area (Å²) < 4.78 is 5.69. The van der Waals surface area contributed by atoms with E-state index in [4.69, 9.17) is 4.18 Å². The molecule has 0 saturated heterocycles. The lowest BCUT2D eigenvalue weighted by Gasteiger charge is -2.11. The molecule has 4 nitrogen and oxygen atoms in total. The Labute approximate surface area is 150 Å². The van der Waals surface area contributed by atoms with Crippen LogP contribution in [0.4, 0.5) is 5.69 Å². The van der Waals surface area contributed by atoms with Crippen molar-refractivity contribution in [3.05, 3.63) is 33.9 Å². The molecule has 0 aliphatic heterocycles. The molecule has 0 spiro atoms. The average Bonchev–Trinajstić information content (AvgIpc) is 2.55. The number of unbranched alkanes of at least 4 members (excludes halogenated alkanes) is 7. The van der Waals surface area contributed by atoms with Gasteiger partial charge in [-0.15, -0.1) is 0 Å². The van der Waals surface area contributed by atoms with E-state index in [0.717, 1.165) is 18.4 Å². The second-order valence-corrected chi connectivity index (χ2v) is 7.78. The Kier molecular flexibility index (Phi) is 10.6. The summed E-state index contributed by atoms with van der Waals surface area (Å²) >= 11 is 1.28. The molecule has 0 bridgehead atoms. The van der Waals surface area contributed by atoms with E-state index in [1.54, 1.807) is 6.07 Å². The van der Waals surface area contributed by atoms with Gasteiger partial charge in [-0.1, -0.05) is 77.8 Å². The van der Waals surface area contributed by atoms with Gasteiger partial charge in [0.25, 0.3) is 0 Å². The third kappa shape index (κ3) is 8.04. The summed E-state index contributed by atoms with van der Waals surface area (Å²) in [6, 6.07) is 5.23. The lowest BCUT2D eigenvalue weighted by atomic mass is 10.0. The van der Waals surface area contributed by atoms with Gasteiger partial charge in [-0.25, -0.2) is 0 Å². The molecule has 5 heteroatoms. The van der Waals surface area contributed by atoms with Crippen molar-refractivity contribution in [2.75, 3.05) is 0 Å². The first kappa shape index (κ1) is 20.8. The maximum atomic E-state index is 11.2. The topological polar surface area (TPSA) is 52.4 Å². The van der Waals surface area contributed by atoms with E-state index >= 15 is 0 Å². The fraction of sp³-hybridized carbons (Fsp3) is 0.684. The molecule has 0 aromatic heterocycles. The van der Waals surface area contributed by atoms with E-state index in [1.807, 2.05) is 19.9 Å². The van der Waals surface area contributed by atoms with Gasteiger partial charge in [-0.05, 0) is 12.8 Å². The van der Waals surface area contributed by atoms with Gasteiger partial charge >= 0.3 is 5.69 Å². The van der Waals surface area contributed by atoms with Crippen LogP contribution < -0.4 is 4.18 Å². The zero-order chi connectivity index (χ0) is 17.8. The SMILES string of the molecule is CCCCCCCCCCc1cccc([N+](=O)[O-])c1OSC(C)C. The highest BCUT2D eigenvalue weighted by Gasteiger charge is 2.19. The van der Waals surface area contributed by atoms with Crippen LogP contribution in [0.25, 0.3) is 0 Å². The molecule has 0 unspecified atom stereocenters. The van der Waals surface area contributed by atoms with E-state index in [-0.39, 0.29) is 15.9 Å². The second kappa shape index (κ2) is 12.2. The van der Waals surface area contributed by atoms with Gasteiger partial charge in [0, 0.05) is 16.9 Å². The number of rotatable bonds is 13. The highest BCUT2D eigenvalue weighted by Crippen LogP contribution is 2.35. The van der Waals surface area contributed by atoms with Crippen molar-refractivity contribution < 1.29 is 9.11 Å². The fourth-order valence-electron chi connectivity index (χ4n) is 2.60. The van der Waals surface area contributed by atoms with Gasteiger partial charge in [0.15, 0.2) is 0 Å². The number of nitro benzene ring substituents is 1. The van der Waals surface area contributed by atoms with Crippen LogP contribution in [0.15, 0.2) is 18.2 Å². The van der Waals surface area contributed by atoms with Crippen molar-refractivity contribution >= 4 is 17.7 Å². The lowest BCUT2D eigenvalue weighted by Crippen LogP contribution is -2.00. The van der Waals surface area contributed by atoms with Crippen LogP contribution in [-0.4, -0.2) is 10.2 Å². The number of aryl methyl sites for hydroxylation is 1. The normalized spacial score (nSPS) is 11.0. The summed E-state index contributed by atoms with van der Waals surface area (Å²) in [5.41, 5.74) is 1.02. The predicted octanol–water partition coefficient (Wildman–Crippen LogP) is 6.71. The Hall–Kier alpha value is -1.23. The molecule has 0 fully saturated rings. The first-order valence-corrected chi connectivity index (χ1v) is 9.96. The summed E-state index contributed by atoms with van der Waals surface area (Å²) in [4.78, 5) is 10.9. The van der Waals surface area contributed by atoms with Crippen molar-refractivity contribution in [1.82, 2.24) is 0 Å². The van der Waals surface area contributed by atoms with E-state index in [0.29, 0.717) is 5.75 Å². The van der Waals surface area contributed by atoms with Crippen LogP contribution >= 0.6 is 12.0 Å². The molecular formula is C19H31NO3S. The molecule has 136 valence electrons. The third-order valence-corrected chi connectivity index (χ3v) is 4.54. The van der Waals surface area contributed by atoms with Crippen LogP contribution in [-0.2, 0) is 6.42 Å². The molecule has 1 aromatic rings. The largest absolute Gasteiger partial charge is 0.418 e. The number of hydrogen-bond donors (Lipinski definition) is 0. The minimum Gasteiger partial charge on any atom is -0.418 e. The molecular weight excluding hydrogens is 322 g/mol. The molecule has 0 saturated carbocycles. The quantitative estimate of drug-likeness (QED) is 0.171. The van der Waals surface area contributed by atoms with Crippen LogP contribution in [0.3, 0.4) is 0 Å². The minimum atomic E-state index is -0.354. The standard InChI is InChI=1S/C19H31NO3S/c1-4-5-6-7-8-9-10-11-13-17-14-12-15-18(20(21)22)19(17)23-24-16(2)3/h12,14-16H,4-11,13H2,1-3H3. The second-order valence-electron chi connectivity index (χ2n) is 6.48. The summed E-state index contributed by atoms with van der Waals surface area (Å²) in [6.07, 6.45) is 10.9. The number of nitro groups is 1. The van der Waals surface area contributed by atoms with Gasteiger partial charge in [0.2, 0.25) is 5.75 Å². The van der Waals surface area contributed by atoms with Gasteiger partial charge in [0.05, 0.1) is 17.0 Å².